The van der Waals surface area contributed by atoms with E-state index in [4.69, 9.17) is 5.11 Å². The molecule has 2 N–H and O–H groups in total. The third kappa shape index (κ3) is 4.39. The van der Waals surface area contributed by atoms with Gasteiger partial charge in [0.05, 0.1) is 0 Å². The van der Waals surface area contributed by atoms with Crippen LogP contribution in [-0.2, 0) is 20.1 Å². The molecule has 0 bridgehead atoms. The minimum Gasteiger partial charge on any atom is -0.396 e. The molecule has 1 unspecified atom stereocenters. The number of alkyl halides is 3. The Balaban J connectivity index is 1.81. The van der Waals surface area contributed by atoms with Gasteiger partial charge in [0.15, 0.2) is 0 Å². The van der Waals surface area contributed by atoms with Crippen LogP contribution in [0.5, 0.6) is 0 Å². The fourth-order valence-corrected chi connectivity index (χ4v) is 4.31. The molecule has 34 heavy (non-hydrogen) atoms. The zero-order chi connectivity index (χ0) is 24.6. The summed E-state index contributed by atoms with van der Waals surface area (Å²) in [6.07, 6.45) is -2.52. The highest BCUT2D eigenvalue weighted by Crippen LogP contribution is 2.39. The molecule has 0 fully saturated rings. The van der Waals surface area contributed by atoms with Crippen LogP contribution in [0.25, 0.3) is 0 Å². The molecule has 4 rings (SSSR count). The molecule has 2 heterocycles. The van der Waals surface area contributed by atoms with Gasteiger partial charge in [-0.3, -0.25) is 13.9 Å². The summed E-state index contributed by atoms with van der Waals surface area (Å²) in [5, 5.41) is 12.3. The van der Waals surface area contributed by atoms with Crippen molar-refractivity contribution >= 4 is 11.5 Å². The van der Waals surface area contributed by atoms with E-state index in [-0.39, 0.29) is 50.5 Å². The van der Waals surface area contributed by atoms with Crippen molar-refractivity contribution in [2.24, 2.45) is 7.05 Å². The lowest BCUT2D eigenvalue weighted by atomic mass is 9.95. The Morgan fingerprint density at radius 1 is 1.12 bits per heavy atom. The number of hydrogen-bond donors (Lipinski definition) is 2. The molecule has 0 saturated carbocycles. The predicted molar refractivity (Wildman–Crippen MR) is 119 cm³/mol. The zero-order valence-corrected chi connectivity index (χ0v) is 18.4. The van der Waals surface area contributed by atoms with Gasteiger partial charge in [0, 0.05) is 32.3 Å². The third-order valence-corrected chi connectivity index (χ3v) is 6.10. The zero-order valence-electron chi connectivity index (χ0n) is 18.4. The first-order valence-corrected chi connectivity index (χ1v) is 10.8. The molecule has 2 aromatic rings. The predicted octanol–water partition coefficient (Wildman–Crippen LogP) is 3.04. The van der Waals surface area contributed by atoms with Crippen molar-refractivity contribution in [3.63, 3.8) is 0 Å². The molecule has 11 heteroatoms. The number of rotatable bonds is 6. The molecule has 182 valence electrons. The monoisotopic (exact) mass is 480 g/mol. The first kappa shape index (κ1) is 23.8. The molecule has 1 aromatic carbocycles. The second kappa shape index (κ2) is 9.13. The maximum absolute atomic E-state index is 13.4. The van der Waals surface area contributed by atoms with E-state index in [2.05, 4.69) is 5.32 Å². The first-order valence-electron chi connectivity index (χ1n) is 10.8. The summed E-state index contributed by atoms with van der Waals surface area (Å²) in [5.41, 5.74) is -0.258. The van der Waals surface area contributed by atoms with Gasteiger partial charge in [0.1, 0.15) is 23.5 Å². The largest absolute Gasteiger partial charge is 0.412 e. The first-order chi connectivity index (χ1) is 16.1. The highest BCUT2D eigenvalue weighted by molar-refractivity contribution is 5.74. The summed E-state index contributed by atoms with van der Waals surface area (Å²) in [4.78, 5) is 27.8. The van der Waals surface area contributed by atoms with Crippen molar-refractivity contribution < 1.29 is 22.7 Å². The van der Waals surface area contributed by atoms with Crippen LogP contribution in [-0.4, -0.2) is 33.2 Å². The van der Waals surface area contributed by atoms with E-state index in [0.29, 0.717) is 11.1 Å². The number of benzene rings is 1. The molecule has 1 aliphatic carbocycles. The number of aromatic nitrogens is 2. The topological polar surface area (TPSA) is 79.5 Å². The molecule has 2 aliphatic rings. The summed E-state index contributed by atoms with van der Waals surface area (Å²) in [5.74, 6) is -0.164. The van der Waals surface area contributed by atoms with Gasteiger partial charge < -0.3 is 15.3 Å². The molecule has 0 saturated heterocycles. The molecule has 0 amide bonds. The van der Waals surface area contributed by atoms with Gasteiger partial charge in [-0.1, -0.05) is 24.3 Å². The van der Waals surface area contributed by atoms with Crippen molar-refractivity contribution in [3.05, 3.63) is 79.8 Å². The second-order valence-corrected chi connectivity index (χ2v) is 8.31. The number of allylic oxidation sites excluding steroid dienone is 3. The van der Waals surface area contributed by atoms with Crippen LogP contribution in [0.2, 0.25) is 0 Å². The van der Waals surface area contributed by atoms with Crippen LogP contribution in [0.1, 0.15) is 24.8 Å². The number of anilines is 2. The highest BCUT2D eigenvalue weighted by atomic mass is 19.4. The number of aliphatic hydroxyl groups is 1. The van der Waals surface area contributed by atoms with Crippen LogP contribution in [0.4, 0.5) is 29.1 Å². The van der Waals surface area contributed by atoms with Crippen molar-refractivity contribution in [3.8, 4) is 0 Å². The number of aliphatic hydroxyl groups excluding tert-OH is 1. The molecular formula is C23H24F4N4O3. The minimum absolute atomic E-state index is 0.0186. The summed E-state index contributed by atoms with van der Waals surface area (Å²) < 4.78 is 55.0. The van der Waals surface area contributed by atoms with Crippen molar-refractivity contribution in [1.29, 1.82) is 0 Å². The standard InChI is InChI=1S/C23H24F4N4O3/c1-29-20-18(21(33)30(22(29)34)11-2-12-32)31(13-14-3-9-17(24)10-4-14)19(28-20)15-5-7-16(8-6-15)23(25,26)27/h3-5,7,9-10,19,28,32H,2,6,8,11-13H2,1H3. The molecule has 0 spiro atoms. The lowest BCUT2D eigenvalue weighted by Crippen LogP contribution is -2.42. The normalized spacial score (nSPS) is 17.8. The average Bonchev–Trinajstić information content (AvgIpc) is 3.18. The second-order valence-electron chi connectivity index (χ2n) is 8.31. The Labute approximate surface area is 192 Å². The van der Waals surface area contributed by atoms with E-state index in [1.54, 1.807) is 17.0 Å². The average molecular weight is 480 g/mol. The molecular weight excluding hydrogens is 456 g/mol. The van der Waals surface area contributed by atoms with E-state index in [0.717, 1.165) is 10.6 Å². The van der Waals surface area contributed by atoms with Gasteiger partial charge in [-0.15, -0.1) is 0 Å². The third-order valence-electron chi connectivity index (χ3n) is 6.10. The smallest absolute Gasteiger partial charge is 0.396 e. The van der Waals surface area contributed by atoms with Gasteiger partial charge >= 0.3 is 11.9 Å². The fraction of sp³-hybridized carbons (Fsp3) is 0.391. The lowest BCUT2D eigenvalue weighted by Gasteiger charge is -2.30. The minimum atomic E-state index is -4.41. The maximum atomic E-state index is 13.4. The molecule has 1 aromatic heterocycles. The highest BCUT2D eigenvalue weighted by Gasteiger charge is 2.39. The van der Waals surface area contributed by atoms with Crippen LogP contribution in [0.15, 0.2) is 57.2 Å². The summed E-state index contributed by atoms with van der Waals surface area (Å²) in [7, 11) is 1.50. The molecule has 0 radical (unpaired) electrons. The number of nitrogens with one attached hydrogen (secondary N) is 1. The van der Waals surface area contributed by atoms with Gasteiger partial charge in [0.2, 0.25) is 0 Å². The Morgan fingerprint density at radius 3 is 2.41 bits per heavy atom. The number of hydrogen-bond acceptors (Lipinski definition) is 5. The Hall–Kier alpha value is -3.34. The van der Waals surface area contributed by atoms with Crippen LogP contribution in [0, 0.1) is 5.82 Å². The van der Waals surface area contributed by atoms with Crippen LogP contribution in [0.3, 0.4) is 0 Å². The van der Waals surface area contributed by atoms with Gasteiger partial charge in [-0.25, -0.2) is 9.18 Å². The van der Waals surface area contributed by atoms with E-state index < -0.39 is 35.0 Å². The lowest BCUT2D eigenvalue weighted by molar-refractivity contribution is -0.0941. The van der Waals surface area contributed by atoms with Gasteiger partial charge in [-0.2, -0.15) is 13.2 Å². The molecule has 1 atom stereocenters. The number of fused-ring (bicyclic) bond motifs is 1. The fourth-order valence-electron chi connectivity index (χ4n) is 4.31. The maximum Gasteiger partial charge on any atom is 0.412 e. The Kier molecular flexibility index (Phi) is 6.39. The van der Waals surface area contributed by atoms with Crippen molar-refractivity contribution in [2.75, 3.05) is 16.8 Å². The summed E-state index contributed by atoms with van der Waals surface area (Å²) in [6.45, 7) is -0.0239. The van der Waals surface area contributed by atoms with E-state index in [9.17, 15) is 27.2 Å². The van der Waals surface area contributed by atoms with Gasteiger partial charge in [0.25, 0.3) is 5.56 Å². The van der Waals surface area contributed by atoms with E-state index >= 15 is 0 Å². The van der Waals surface area contributed by atoms with Crippen molar-refractivity contribution in [2.45, 2.75) is 44.7 Å². The molecule has 1 aliphatic heterocycles. The Morgan fingerprint density at radius 2 is 1.82 bits per heavy atom. The number of nitrogens with zero attached hydrogens (tertiary/aromatic N) is 3. The summed E-state index contributed by atoms with van der Waals surface area (Å²) >= 11 is 0. The Bertz CT molecular complexity index is 1260. The van der Waals surface area contributed by atoms with Gasteiger partial charge in [-0.05, 0) is 42.5 Å². The molecule has 7 nitrogen and oxygen atoms in total. The summed E-state index contributed by atoms with van der Waals surface area (Å²) in [6, 6.07) is 5.70. The number of halogens is 4. The van der Waals surface area contributed by atoms with E-state index in [1.807, 2.05) is 0 Å². The van der Waals surface area contributed by atoms with Crippen LogP contribution >= 0.6 is 0 Å². The quantitative estimate of drug-likeness (QED) is 0.622. The van der Waals surface area contributed by atoms with Crippen molar-refractivity contribution in [1.82, 2.24) is 9.13 Å². The van der Waals surface area contributed by atoms with E-state index in [1.165, 1.54) is 29.8 Å². The SMILES string of the molecule is Cn1c2c(c(=O)n(CCCO)c1=O)N(Cc1ccc(F)cc1)C(C1=CC=C(C(F)(F)F)CC1)N2. The van der Waals surface area contributed by atoms with Crippen LogP contribution < -0.4 is 21.5 Å².